The van der Waals surface area contributed by atoms with Gasteiger partial charge in [0.05, 0.1) is 24.8 Å². The van der Waals surface area contributed by atoms with Gasteiger partial charge in [0.25, 0.3) is 11.5 Å². The molecule has 0 radical (unpaired) electrons. The van der Waals surface area contributed by atoms with Crippen LogP contribution in [0.1, 0.15) is 34.2 Å². The molecule has 0 bridgehead atoms. The van der Waals surface area contributed by atoms with Crippen LogP contribution in [0.25, 0.3) is 22.8 Å². The first kappa shape index (κ1) is 25.9. The largest absolute Gasteiger partial charge is 0.467 e. The van der Waals surface area contributed by atoms with E-state index in [1.54, 1.807) is 61.7 Å². The van der Waals surface area contributed by atoms with E-state index in [-0.39, 0.29) is 40.8 Å². The lowest BCUT2D eigenvalue weighted by molar-refractivity contribution is -0.113. The van der Waals surface area contributed by atoms with Gasteiger partial charge in [0, 0.05) is 17.3 Å². The third-order valence-corrected chi connectivity index (χ3v) is 6.25. The molecule has 0 unspecified atom stereocenters. The summed E-state index contributed by atoms with van der Waals surface area (Å²) in [5.41, 5.74) is 1.77. The Morgan fingerprint density at radius 2 is 1.92 bits per heavy atom. The lowest BCUT2D eigenvalue weighted by atomic mass is 10.2. The van der Waals surface area contributed by atoms with E-state index in [0.29, 0.717) is 16.4 Å². The number of fused-ring (bicyclic) bond motifs is 2. The van der Waals surface area contributed by atoms with E-state index in [0.717, 1.165) is 11.1 Å². The quantitative estimate of drug-likeness (QED) is 0.177. The third kappa shape index (κ3) is 5.30. The molecule has 1 aromatic carbocycles. The molecule has 0 aliphatic carbocycles. The van der Waals surface area contributed by atoms with Crippen LogP contribution in [-0.4, -0.2) is 32.4 Å². The van der Waals surface area contributed by atoms with E-state index in [9.17, 15) is 14.4 Å². The van der Waals surface area contributed by atoms with Crippen LogP contribution in [0.5, 0.6) is 0 Å². The molecule has 0 aliphatic heterocycles. The van der Waals surface area contributed by atoms with Gasteiger partial charge in [0.15, 0.2) is 5.49 Å². The molecule has 0 N–H and O–H groups in total. The Morgan fingerprint density at radius 3 is 2.64 bits per heavy atom. The molecule has 0 fully saturated rings. The van der Waals surface area contributed by atoms with E-state index in [2.05, 4.69) is 4.99 Å². The predicted molar refractivity (Wildman–Crippen MR) is 147 cm³/mol. The molecule has 1 amide bonds. The Balaban J connectivity index is 1.81. The van der Waals surface area contributed by atoms with Crippen LogP contribution in [0.15, 0.2) is 87.3 Å². The summed E-state index contributed by atoms with van der Waals surface area (Å²) < 4.78 is 13.8. The van der Waals surface area contributed by atoms with Crippen LogP contribution in [0.4, 0.5) is 0 Å². The van der Waals surface area contributed by atoms with Gasteiger partial charge >= 0.3 is 5.97 Å². The summed E-state index contributed by atoms with van der Waals surface area (Å²) in [6, 6.07) is 15.3. The van der Waals surface area contributed by atoms with Crippen molar-refractivity contribution in [3.8, 4) is 0 Å². The number of aromatic nitrogens is 3. The SMILES string of the molecule is CCOC(=O)c1cc2c(=O)n3cccc(C)c3nc2n(Cc2ccco2)c1=NC(=O)/C=C/c1ccc(Cl)cc1. The Labute approximate surface area is 227 Å². The van der Waals surface area contributed by atoms with Crippen molar-refractivity contribution in [3.63, 3.8) is 0 Å². The Kier molecular flexibility index (Phi) is 7.25. The number of aryl methyl sites for hydroxylation is 1. The maximum Gasteiger partial charge on any atom is 0.341 e. The molecule has 4 aromatic heterocycles. The zero-order valence-corrected chi connectivity index (χ0v) is 21.9. The molecular formula is C29H23ClN4O5. The lowest BCUT2D eigenvalue weighted by Gasteiger charge is -2.14. The summed E-state index contributed by atoms with van der Waals surface area (Å²) in [6.07, 6.45) is 5.99. The summed E-state index contributed by atoms with van der Waals surface area (Å²) >= 11 is 5.94. The van der Waals surface area contributed by atoms with Crippen molar-refractivity contribution in [1.29, 1.82) is 0 Å². The summed E-state index contributed by atoms with van der Waals surface area (Å²) in [5.74, 6) is -0.846. The van der Waals surface area contributed by atoms with Gasteiger partial charge in [-0.25, -0.2) is 9.78 Å². The standard InChI is InChI=1S/C29H23ClN4O5/c1-3-38-29(37)23-16-22-26(32-25-18(2)6-4-14-33(25)28(22)36)34(17-21-7-5-15-39-21)27(23)31-24(35)13-10-19-8-11-20(30)12-9-19/h4-16H,3,17H2,1-2H3/b13-10+,31-27?. The molecule has 10 heteroatoms. The van der Waals surface area contributed by atoms with Crippen molar-refractivity contribution >= 4 is 46.2 Å². The van der Waals surface area contributed by atoms with E-state index >= 15 is 0 Å². The third-order valence-electron chi connectivity index (χ3n) is 6.00. The minimum absolute atomic E-state index is 0.00654. The van der Waals surface area contributed by atoms with Gasteiger partial charge in [0.2, 0.25) is 0 Å². The highest BCUT2D eigenvalue weighted by atomic mass is 35.5. The van der Waals surface area contributed by atoms with E-state index in [1.165, 1.54) is 27.4 Å². The van der Waals surface area contributed by atoms with Crippen molar-refractivity contribution in [3.05, 3.63) is 116 Å². The number of nitrogens with zero attached hydrogens (tertiary/aromatic N) is 4. The first-order valence-corrected chi connectivity index (χ1v) is 12.5. The minimum Gasteiger partial charge on any atom is -0.467 e. The number of carbonyl (C=O) groups is 2. The molecule has 0 spiro atoms. The summed E-state index contributed by atoms with van der Waals surface area (Å²) in [4.78, 5) is 48.8. The average molecular weight is 543 g/mol. The fraction of sp³-hybridized carbons (Fsp3) is 0.138. The maximum absolute atomic E-state index is 13.6. The number of amides is 1. The molecule has 0 aliphatic rings. The molecule has 5 rings (SSSR count). The first-order valence-electron chi connectivity index (χ1n) is 12.1. The van der Waals surface area contributed by atoms with Crippen molar-refractivity contribution in [1.82, 2.24) is 14.0 Å². The Morgan fingerprint density at radius 1 is 1.13 bits per heavy atom. The van der Waals surface area contributed by atoms with Gasteiger partial charge < -0.3 is 13.7 Å². The number of carbonyl (C=O) groups excluding carboxylic acids is 2. The van der Waals surface area contributed by atoms with E-state index in [4.69, 9.17) is 25.7 Å². The maximum atomic E-state index is 13.6. The van der Waals surface area contributed by atoms with Crippen molar-refractivity contribution < 1.29 is 18.7 Å². The summed E-state index contributed by atoms with van der Waals surface area (Å²) in [7, 11) is 0. The number of benzene rings is 1. The summed E-state index contributed by atoms with van der Waals surface area (Å²) in [5, 5.41) is 0.736. The second kappa shape index (κ2) is 10.9. The Hall–Kier alpha value is -4.76. The van der Waals surface area contributed by atoms with Crippen LogP contribution < -0.4 is 11.0 Å². The number of esters is 1. The van der Waals surface area contributed by atoms with Crippen molar-refractivity contribution in [2.75, 3.05) is 6.61 Å². The normalized spacial score (nSPS) is 12.0. The van der Waals surface area contributed by atoms with Crippen molar-refractivity contribution in [2.24, 2.45) is 4.99 Å². The first-order chi connectivity index (χ1) is 18.9. The van der Waals surface area contributed by atoms with Crippen LogP contribution in [0, 0.1) is 6.92 Å². The Bertz CT molecular complexity index is 1870. The number of halogens is 1. The highest BCUT2D eigenvalue weighted by Gasteiger charge is 2.21. The van der Waals surface area contributed by atoms with Crippen LogP contribution in [-0.2, 0) is 16.1 Å². The zero-order valence-electron chi connectivity index (χ0n) is 21.1. The highest BCUT2D eigenvalue weighted by Crippen LogP contribution is 2.16. The molecule has 9 nitrogen and oxygen atoms in total. The fourth-order valence-corrected chi connectivity index (χ4v) is 4.28. The lowest BCUT2D eigenvalue weighted by Crippen LogP contribution is -2.33. The molecule has 5 aromatic rings. The smallest absolute Gasteiger partial charge is 0.341 e. The zero-order chi connectivity index (χ0) is 27.5. The number of rotatable bonds is 6. The van der Waals surface area contributed by atoms with Gasteiger partial charge in [-0.05, 0) is 67.4 Å². The second-order valence-electron chi connectivity index (χ2n) is 8.64. The molecule has 196 valence electrons. The predicted octanol–water partition coefficient (Wildman–Crippen LogP) is 4.57. The molecule has 0 saturated heterocycles. The van der Waals surface area contributed by atoms with E-state index in [1.807, 2.05) is 13.0 Å². The monoisotopic (exact) mass is 542 g/mol. The number of hydrogen-bond acceptors (Lipinski definition) is 6. The topological polar surface area (TPSA) is 108 Å². The fourth-order valence-electron chi connectivity index (χ4n) is 4.16. The van der Waals surface area contributed by atoms with Gasteiger partial charge in [-0.15, -0.1) is 0 Å². The minimum atomic E-state index is -0.727. The molecule has 39 heavy (non-hydrogen) atoms. The molecule has 4 heterocycles. The average Bonchev–Trinajstić information content (AvgIpc) is 3.44. The second-order valence-corrected chi connectivity index (χ2v) is 9.08. The number of hydrogen-bond donors (Lipinski definition) is 0. The number of pyridine rings is 2. The highest BCUT2D eigenvalue weighted by molar-refractivity contribution is 6.30. The van der Waals surface area contributed by atoms with Gasteiger partial charge in [-0.1, -0.05) is 29.8 Å². The molecular weight excluding hydrogens is 520 g/mol. The molecule has 0 saturated carbocycles. The van der Waals surface area contributed by atoms with Gasteiger partial charge in [-0.3, -0.25) is 14.0 Å². The van der Waals surface area contributed by atoms with E-state index < -0.39 is 11.9 Å². The van der Waals surface area contributed by atoms with Crippen LogP contribution >= 0.6 is 11.6 Å². The number of furan rings is 1. The van der Waals surface area contributed by atoms with Gasteiger partial charge in [0.1, 0.15) is 22.6 Å². The summed E-state index contributed by atoms with van der Waals surface area (Å²) in [6.45, 7) is 3.65. The van der Waals surface area contributed by atoms with Crippen LogP contribution in [0.3, 0.4) is 0 Å². The number of ether oxygens (including phenoxy) is 1. The van der Waals surface area contributed by atoms with Crippen molar-refractivity contribution in [2.45, 2.75) is 20.4 Å². The van der Waals surface area contributed by atoms with Crippen LogP contribution in [0.2, 0.25) is 5.02 Å². The molecule has 0 atom stereocenters. The van der Waals surface area contributed by atoms with Gasteiger partial charge in [-0.2, -0.15) is 4.99 Å².